The summed E-state index contributed by atoms with van der Waals surface area (Å²) in [6, 6.07) is 0. The van der Waals surface area contributed by atoms with Gasteiger partial charge < -0.3 is 14.6 Å². The molecule has 0 spiro atoms. The van der Waals surface area contributed by atoms with Crippen LogP contribution in [0.2, 0.25) is 0 Å². The molecule has 1 saturated heterocycles. The van der Waals surface area contributed by atoms with Crippen LogP contribution in [0, 0.1) is 0 Å². The summed E-state index contributed by atoms with van der Waals surface area (Å²) in [6.45, 7) is 4.16. The van der Waals surface area contributed by atoms with Crippen LogP contribution >= 0.6 is 0 Å². The van der Waals surface area contributed by atoms with Crippen LogP contribution in [0.5, 0.6) is 0 Å². The van der Waals surface area contributed by atoms with Gasteiger partial charge in [-0.2, -0.15) is 0 Å². The Bertz CT molecular complexity index is 180. The molecule has 1 fully saturated rings. The normalized spacial score (nSPS) is 35.3. The fourth-order valence-electron chi connectivity index (χ4n) is 1.17. The van der Waals surface area contributed by atoms with Gasteiger partial charge in [-0.05, 0) is 13.3 Å². The van der Waals surface area contributed by atoms with Crippen molar-refractivity contribution >= 4 is 5.97 Å². The zero-order valence-corrected chi connectivity index (χ0v) is 7.37. The van der Waals surface area contributed by atoms with Crippen LogP contribution in [0.4, 0.5) is 0 Å². The summed E-state index contributed by atoms with van der Waals surface area (Å²) < 4.78 is 10.7. The van der Waals surface area contributed by atoms with E-state index < -0.39 is 11.8 Å². The van der Waals surface area contributed by atoms with Gasteiger partial charge in [0.25, 0.3) is 0 Å². The molecule has 70 valence electrons. The quantitative estimate of drug-likeness (QED) is 0.693. The highest BCUT2D eigenvalue weighted by molar-refractivity contribution is 5.67. The van der Waals surface area contributed by atoms with E-state index in [1.807, 2.05) is 13.8 Å². The Balaban J connectivity index is 2.40. The molecule has 0 aromatic rings. The minimum atomic E-state index is -0.844. The number of ether oxygens (including phenoxy) is 2. The molecule has 4 heteroatoms. The monoisotopic (exact) mass is 174 g/mol. The molecule has 12 heavy (non-hydrogen) atoms. The lowest BCUT2D eigenvalue weighted by molar-refractivity contribution is -0.160. The van der Waals surface area contributed by atoms with E-state index in [-0.39, 0.29) is 12.5 Å². The molecule has 0 aromatic heterocycles. The van der Waals surface area contributed by atoms with Gasteiger partial charge in [-0.1, -0.05) is 6.92 Å². The second-order valence-electron chi connectivity index (χ2n) is 3.14. The molecule has 0 amide bonds. The topological polar surface area (TPSA) is 55.8 Å². The maximum atomic E-state index is 10.3. The summed E-state index contributed by atoms with van der Waals surface area (Å²) in [4.78, 5) is 10.3. The molecule has 1 N–H and O–H groups in total. The molecule has 1 aliphatic heterocycles. The predicted molar refractivity (Wildman–Crippen MR) is 41.8 cm³/mol. The third kappa shape index (κ3) is 2.19. The van der Waals surface area contributed by atoms with Crippen molar-refractivity contribution in [1.82, 2.24) is 0 Å². The summed E-state index contributed by atoms with van der Waals surface area (Å²) in [7, 11) is 0. The number of hydrogen-bond acceptors (Lipinski definition) is 3. The summed E-state index contributed by atoms with van der Waals surface area (Å²) in [5, 5.41) is 8.48. The maximum Gasteiger partial charge on any atom is 0.306 e. The zero-order chi connectivity index (χ0) is 9.19. The van der Waals surface area contributed by atoms with Crippen LogP contribution in [-0.4, -0.2) is 29.6 Å². The van der Waals surface area contributed by atoms with Crippen LogP contribution in [0.3, 0.4) is 0 Å². The molecule has 1 heterocycles. The lowest BCUT2D eigenvalue weighted by atomic mass is 10.2. The third-order valence-electron chi connectivity index (χ3n) is 2.04. The molecular formula is C8H14O4. The molecule has 2 atom stereocenters. The molecule has 0 saturated carbocycles. The van der Waals surface area contributed by atoms with Gasteiger partial charge in [0, 0.05) is 0 Å². The van der Waals surface area contributed by atoms with Gasteiger partial charge in [0.1, 0.15) is 0 Å². The van der Waals surface area contributed by atoms with Gasteiger partial charge in [0.05, 0.1) is 19.1 Å². The van der Waals surface area contributed by atoms with Gasteiger partial charge in [-0.3, -0.25) is 4.79 Å². The lowest BCUT2D eigenvalue weighted by Crippen LogP contribution is -2.26. The van der Waals surface area contributed by atoms with Gasteiger partial charge in [-0.25, -0.2) is 0 Å². The van der Waals surface area contributed by atoms with Crippen molar-refractivity contribution in [1.29, 1.82) is 0 Å². The fourth-order valence-corrected chi connectivity index (χ4v) is 1.17. The number of carbonyl (C=O) groups is 1. The average molecular weight is 174 g/mol. The molecule has 0 aliphatic carbocycles. The Kier molecular flexibility index (Phi) is 2.69. The van der Waals surface area contributed by atoms with E-state index in [9.17, 15) is 4.79 Å². The molecule has 1 rings (SSSR count). The fraction of sp³-hybridized carbons (Fsp3) is 0.875. The van der Waals surface area contributed by atoms with Crippen molar-refractivity contribution in [2.45, 2.75) is 38.6 Å². The summed E-state index contributed by atoms with van der Waals surface area (Å²) in [5.41, 5.74) is 0. The van der Waals surface area contributed by atoms with Gasteiger partial charge in [0.2, 0.25) is 0 Å². The molecule has 0 bridgehead atoms. The minimum absolute atomic E-state index is 0.0234. The smallest absolute Gasteiger partial charge is 0.306 e. The average Bonchev–Trinajstić information content (AvgIpc) is 2.32. The number of aliphatic carboxylic acids is 1. The van der Waals surface area contributed by atoms with E-state index in [4.69, 9.17) is 14.6 Å². The number of hydrogen-bond donors (Lipinski definition) is 1. The standard InChI is InChI=1S/C8H14O4/c1-3-8(2)11-5-6(12-8)4-7(9)10/h6H,3-5H2,1-2H3,(H,9,10). The number of carboxylic acid groups (broad SMARTS) is 1. The van der Waals surface area contributed by atoms with Gasteiger partial charge in [-0.15, -0.1) is 0 Å². The van der Waals surface area contributed by atoms with E-state index in [1.54, 1.807) is 0 Å². The van der Waals surface area contributed by atoms with E-state index in [0.29, 0.717) is 6.61 Å². The van der Waals surface area contributed by atoms with E-state index in [1.165, 1.54) is 0 Å². The van der Waals surface area contributed by atoms with Crippen LogP contribution in [0.1, 0.15) is 26.7 Å². The number of carboxylic acids is 1. The van der Waals surface area contributed by atoms with Crippen molar-refractivity contribution in [3.05, 3.63) is 0 Å². The molecule has 1 aliphatic rings. The van der Waals surface area contributed by atoms with Crippen molar-refractivity contribution in [3.8, 4) is 0 Å². The highest BCUT2D eigenvalue weighted by atomic mass is 16.7. The number of rotatable bonds is 3. The zero-order valence-electron chi connectivity index (χ0n) is 7.37. The minimum Gasteiger partial charge on any atom is -0.481 e. The van der Waals surface area contributed by atoms with Crippen LogP contribution in [-0.2, 0) is 14.3 Å². The second-order valence-corrected chi connectivity index (χ2v) is 3.14. The largest absolute Gasteiger partial charge is 0.481 e. The third-order valence-corrected chi connectivity index (χ3v) is 2.04. The van der Waals surface area contributed by atoms with Crippen LogP contribution < -0.4 is 0 Å². The molecule has 0 radical (unpaired) electrons. The van der Waals surface area contributed by atoms with Crippen LogP contribution in [0.25, 0.3) is 0 Å². The molecule has 0 aromatic carbocycles. The first-order valence-electron chi connectivity index (χ1n) is 4.09. The Morgan fingerprint density at radius 2 is 2.42 bits per heavy atom. The Morgan fingerprint density at radius 1 is 1.75 bits per heavy atom. The molecule has 4 nitrogen and oxygen atoms in total. The second kappa shape index (κ2) is 3.41. The highest BCUT2D eigenvalue weighted by Crippen LogP contribution is 2.27. The van der Waals surface area contributed by atoms with E-state index in [2.05, 4.69) is 0 Å². The SMILES string of the molecule is CCC1(C)OCC(CC(=O)O)O1. The van der Waals surface area contributed by atoms with Crippen molar-refractivity contribution < 1.29 is 19.4 Å². The first-order valence-corrected chi connectivity index (χ1v) is 4.09. The van der Waals surface area contributed by atoms with Crippen LogP contribution in [0.15, 0.2) is 0 Å². The lowest BCUT2D eigenvalue weighted by Gasteiger charge is -2.20. The van der Waals surface area contributed by atoms with E-state index in [0.717, 1.165) is 6.42 Å². The van der Waals surface area contributed by atoms with Crippen molar-refractivity contribution in [2.75, 3.05) is 6.61 Å². The highest BCUT2D eigenvalue weighted by Gasteiger charge is 2.36. The van der Waals surface area contributed by atoms with Gasteiger partial charge >= 0.3 is 5.97 Å². The summed E-state index contributed by atoms with van der Waals surface area (Å²) >= 11 is 0. The first kappa shape index (κ1) is 9.48. The summed E-state index contributed by atoms with van der Waals surface area (Å²) in [5.74, 6) is -1.41. The molecule has 2 unspecified atom stereocenters. The van der Waals surface area contributed by atoms with Gasteiger partial charge in [0.15, 0.2) is 5.79 Å². The Morgan fingerprint density at radius 3 is 2.83 bits per heavy atom. The summed E-state index contributed by atoms with van der Waals surface area (Å²) in [6.07, 6.45) is 0.478. The van der Waals surface area contributed by atoms with E-state index >= 15 is 0 Å². The Labute approximate surface area is 71.5 Å². The first-order chi connectivity index (χ1) is 5.56. The maximum absolute atomic E-state index is 10.3. The van der Waals surface area contributed by atoms with Crippen molar-refractivity contribution in [2.24, 2.45) is 0 Å². The predicted octanol–water partition coefficient (Wildman–Crippen LogP) is 1.00. The van der Waals surface area contributed by atoms with Crippen molar-refractivity contribution in [3.63, 3.8) is 0 Å². The Hall–Kier alpha value is -0.610. The molecular weight excluding hydrogens is 160 g/mol.